The molecule has 0 spiro atoms. The van der Waals surface area contributed by atoms with Crippen LogP contribution in [0.15, 0.2) is 47.2 Å². The molecular weight excluding hydrogens is 352 g/mol. The van der Waals surface area contributed by atoms with E-state index in [9.17, 15) is 0 Å². The van der Waals surface area contributed by atoms with Crippen LogP contribution in [0, 0.1) is 0 Å². The number of benzene rings is 1. The third-order valence-electron chi connectivity index (χ3n) is 4.35. The van der Waals surface area contributed by atoms with Crippen LogP contribution in [-0.2, 0) is 6.54 Å². The molecule has 134 valence electrons. The molecule has 0 aliphatic carbocycles. The molecule has 7 nitrogen and oxygen atoms in total. The van der Waals surface area contributed by atoms with Gasteiger partial charge in [-0.15, -0.1) is 0 Å². The molecule has 0 radical (unpaired) electrons. The minimum Gasteiger partial charge on any atom is -0.339 e. The third-order valence-corrected chi connectivity index (χ3v) is 4.60. The van der Waals surface area contributed by atoms with Crippen LogP contribution in [0.5, 0.6) is 0 Å². The lowest BCUT2D eigenvalue weighted by atomic mass is 10.2. The molecule has 0 atom stereocenters. The maximum Gasteiger partial charge on any atom is 0.241 e. The first kappa shape index (κ1) is 16.9. The van der Waals surface area contributed by atoms with Gasteiger partial charge in [0.1, 0.15) is 0 Å². The van der Waals surface area contributed by atoms with E-state index in [1.807, 2.05) is 30.3 Å². The van der Waals surface area contributed by atoms with Gasteiger partial charge in [-0.25, -0.2) is 9.97 Å². The average Bonchev–Trinajstić information content (AvgIpc) is 3.01. The first-order chi connectivity index (χ1) is 12.8. The van der Waals surface area contributed by atoms with Gasteiger partial charge in [0.15, 0.2) is 0 Å². The Labute approximate surface area is 156 Å². The zero-order chi connectivity index (χ0) is 17.8. The van der Waals surface area contributed by atoms with Crippen molar-refractivity contribution in [3.8, 4) is 11.4 Å². The van der Waals surface area contributed by atoms with Crippen molar-refractivity contribution >= 4 is 17.5 Å². The van der Waals surface area contributed by atoms with Crippen LogP contribution in [-0.4, -0.2) is 51.2 Å². The van der Waals surface area contributed by atoms with Crippen molar-refractivity contribution in [2.45, 2.75) is 13.0 Å². The second kappa shape index (κ2) is 7.80. The van der Waals surface area contributed by atoms with Crippen molar-refractivity contribution in [1.29, 1.82) is 0 Å². The molecule has 2 aromatic heterocycles. The molecule has 3 heterocycles. The molecule has 1 saturated heterocycles. The maximum atomic E-state index is 5.92. The summed E-state index contributed by atoms with van der Waals surface area (Å²) in [6.45, 7) is 4.34. The molecule has 0 unspecified atom stereocenters. The number of hydrogen-bond donors (Lipinski definition) is 0. The van der Waals surface area contributed by atoms with Gasteiger partial charge in [-0.1, -0.05) is 16.8 Å². The summed E-state index contributed by atoms with van der Waals surface area (Å²) in [5.41, 5.74) is 0.896. The summed E-state index contributed by atoms with van der Waals surface area (Å²) in [5.74, 6) is 2.00. The van der Waals surface area contributed by atoms with Crippen LogP contribution < -0.4 is 4.90 Å². The smallest absolute Gasteiger partial charge is 0.241 e. The molecule has 0 bridgehead atoms. The van der Waals surface area contributed by atoms with E-state index in [4.69, 9.17) is 16.1 Å². The second-order valence-corrected chi connectivity index (χ2v) is 6.62. The van der Waals surface area contributed by atoms with Crippen molar-refractivity contribution in [3.05, 3.63) is 53.6 Å². The van der Waals surface area contributed by atoms with Crippen LogP contribution in [0.25, 0.3) is 11.4 Å². The maximum absolute atomic E-state index is 5.92. The molecule has 0 N–H and O–H groups in total. The molecule has 1 aliphatic heterocycles. The largest absolute Gasteiger partial charge is 0.339 e. The summed E-state index contributed by atoms with van der Waals surface area (Å²) in [6, 6.07) is 9.26. The van der Waals surface area contributed by atoms with Crippen LogP contribution in [0.1, 0.15) is 12.3 Å². The molecule has 4 rings (SSSR count). The minimum atomic E-state index is 0.589. The summed E-state index contributed by atoms with van der Waals surface area (Å²) in [6.07, 6.45) is 4.60. The second-order valence-electron chi connectivity index (χ2n) is 6.18. The molecule has 8 heteroatoms. The fraction of sp³-hybridized carbons (Fsp3) is 0.333. The van der Waals surface area contributed by atoms with Gasteiger partial charge in [0.25, 0.3) is 0 Å². The normalized spacial score (nSPS) is 15.8. The summed E-state index contributed by atoms with van der Waals surface area (Å²) in [7, 11) is 0. The summed E-state index contributed by atoms with van der Waals surface area (Å²) < 4.78 is 5.43. The lowest BCUT2D eigenvalue weighted by Crippen LogP contribution is -2.31. The SMILES string of the molecule is Clc1ccc(-c2noc(CN3CCCN(c4ncccn4)CC3)n2)cc1. The first-order valence-corrected chi connectivity index (χ1v) is 8.98. The topological polar surface area (TPSA) is 71.2 Å². The Kier molecular flexibility index (Phi) is 5.08. The van der Waals surface area contributed by atoms with Gasteiger partial charge >= 0.3 is 0 Å². The van der Waals surface area contributed by atoms with Crippen LogP contribution in [0.3, 0.4) is 0 Å². The standard InChI is InChI=1S/C18H19ClN6O/c19-15-5-3-14(4-6-15)17-22-16(26-23-17)13-24-9-2-10-25(12-11-24)18-20-7-1-8-21-18/h1,3-8H,2,9-13H2. The Hall–Kier alpha value is -2.51. The van der Waals surface area contributed by atoms with E-state index in [1.54, 1.807) is 12.4 Å². The monoisotopic (exact) mass is 370 g/mol. The number of nitrogens with zero attached hydrogens (tertiary/aromatic N) is 6. The lowest BCUT2D eigenvalue weighted by Gasteiger charge is -2.20. The van der Waals surface area contributed by atoms with Gasteiger partial charge in [-0.05, 0) is 36.8 Å². The lowest BCUT2D eigenvalue weighted by molar-refractivity contribution is 0.239. The van der Waals surface area contributed by atoms with E-state index in [0.29, 0.717) is 23.3 Å². The van der Waals surface area contributed by atoms with Crippen molar-refractivity contribution in [1.82, 2.24) is 25.0 Å². The van der Waals surface area contributed by atoms with Crippen molar-refractivity contribution in [2.24, 2.45) is 0 Å². The average molecular weight is 371 g/mol. The highest BCUT2D eigenvalue weighted by atomic mass is 35.5. The minimum absolute atomic E-state index is 0.589. The van der Waals surface area contributed by atoms with Crippen molar-refractivity contribution < 1.29 is 4.52 Å². The fourth-order valence-corrected chi connectivity index (χ4v) is 3.14. The molecule has 1 aromatic carbocycles. The van der Waals surface area contributed by atoms with E-state index in [0.717, 1.165) is 44.1 Å². The Morgan fingerprint density at radius 1 is 1.00 bits per heavy atom. The first-order valence-electron chi connectivity index (χ1n) is 8.61. The molecule has 0 amide bonds. The number of hydrogen-bond acceptors (Lipinski definition) is 7. The molecule has 1 fully saturated rings. The molecule has 1 aliphatic rings. The number of halogens is 1. The fourth-order valence-electron chi connectivity index (χ4n) is 3.01. The van der Waals surface area contributed by atoms with Crippen molar-refractivity contribution in [2.75, 3.05) is 31.1 Å². The Morgan fingerprint density at radius 3 is 2.62 bits per heavy atom. The summed E-state index contributed by atoms with van der Waals surface area (Å²) >= 11 is 5.92. The van der Waals surface area contributed by atoms with E-state index in [-0.39, 0.29) is 0 Å². The number of rotatable bonds is 4. The van der Waals surface area contributed by atoms with Crippen LogP contribution >= 0.6 is 11.6 Å². The van der Waals surface area contributed by atoms with E-state index < -0.39 is 0 Å². The van der Waals surface area contributed by atoms with Gasteiger partial charge < -0.3 is 9.42 Å². The third kappa shape index (κ3) is 4.00. The zero-order valence-electron chi connectivity index (χ0n) is 14.3. The summed E-state index contributed by atoms with van der Waals surface area (Å²) in [4.78, 5) is 17.7. The molecule has 3 aromatic rings. The molecular formula is C18H19ClN6O. The quantitative estimate of drug-likeness (QED) is 0.699. The van der Waals surface area contributed by atoms with Gasteiger partial charge in [-0.2, -0.15) is 4.98 Å². The summed E-state index contributed by atoms with van der Waals surface area (Å²) in [5, 5.41) is 4.77. The highest BCUT2D eigenvalue weighted by Gasteiger charge is 2.19. The van der Waals surface area contributed by atoms with E-state index in [1.165, 1.54) is 0 Å². The number of aromatic nitrogens is 4. The zero-order valence-corrected chi connectivity index (χ0v) is 15.0. The van der Waals surface area contributed by atoms with E-state index >= 15 is 0 Å². The van der Waals surface area contributed by atoms with Crippen LogP contribution in [0.4, 0.5) is 5.95 Å². The Bertz CT molecular complexity index is 838. The Balaban J connectivity index is 1.38. The van der Waals surface area contributed by atoms with Crippen molar-refractivity contribution in [3.63, 3.8) is 0 Å². The highest BCUT2D eigenvalue weighted by Crippen LogP contribution is 2.19. The van der Waals surface area contributed by atoms with Gasteiger partial charge in [0.05, 0.1) is 6.54 Å². The predicted molar refractivity (Wildman–Crippen MR) is 98.9 cm³/mol. The van der Waals surface area contributed by atoms with Gasteiger partial charge in [0.2, 0.25) is 17.7 Å². The predicted octanol–water partition coefficient (Wildman–Crippen LogP) is 2.89. The van der Waals surface area contributed by atoms with Gasteiger partial charge in [-0.3, -0.25) is 4.90 Å². The molecule has 26 heavy (non-hydrogen) atoms. The highest BCUT2D eigenvalue weighted by molar-refractivity contribution is 6.30. The van der Waals surface area contributed by atoms with Crippen LogP contribution in [0.2, 0.25) is 5.02 Å². The van der Waals surface area contributed by atoms with E-state index in [2.05, 4.69) is 29.9 Å². The Morgan fingerprint density at radius 2 is 1.81 bits per heavy atom. The number of anilines is 1. The van der Waals surface area contributed by atoms with Gasteiger partial charge in [0, 0.05) is 49.2 Å². The molecule has 0 saturated carbocycles.